The molecule has 0 aliphatic carbocycles. The fourth-order valence-corrected chi connectivity index (χ4v) is 2.38. The Morgan fingerprint density at radius 2 is 1.54 bits per heavy atom. The number of allylic oxidation sites excluding steroid dienone is 4. The standard InChI is InChI=1S/C21H30O5/c1-16(2)7-6-8-17(3)9-10-19-20(25-14-23-4)11-18(13-22)12-21(19)26-15-24-5/h7,9,11-13H,6,8,10,14-15H2,1-5H3/b17-9+. The van der Waals surface area contributed by atoms with Crippen LogP contribution in [0.4, 0.5) is 0 Å². The Morgan fingerprint density at radius 3 is 2.00 bits per heavy atom. The summed E-state index contributed by atoms with van der Waals surface area (Å²) in [7, 11) is 3.11. The lowest BCUT2D eigenvalue weighted by molar-refractivity contribution is 0.0447. The molecule has 0 fully saturated rings. The van der Waals surface area contributed by atoms with Crippen molar-refractivity contribution in [2.24, 2.45) is 0 Å². The maximum Gasteiger partial charge on any atom is 0.188 e. The Kier molecular flexibility index (Phi) is 10.4. The van der Waals surface area contributed by atoms with Gasteiger partial charge in [0.2, 0.25) is 0 Å². The molecular weight excluding hydrogens is 332 g/mol. The minimum atomic E-state index is 0.0995. The Morgan fingerprint density at radius 1 is 0.962 bits per heavy atom. The molecule has 0 heterocycles. The summed E-state index contributed by atoms with van der Waals surface area (Å²) in [5.74, 6) is 1.16. The van der Waals surface area contributed by atoms with Gasteiger partial charge in [-0.1, -0.05) is 23.3 Å². The molecule has 0 unspecified atom stereocenters. The van der Waals surface area contributed by atoms with Crippen LogP contribution in [0.25, 0.3) is 0 Å². The quantitative estimate of drug-likeness (QED) is 0.306. The van der Waals surface area contributed by atoms with Crippen LogP contribution in [-0.4, -0.2) is 34.1 Å². The normalized spacial score (nSPS) is 11.2. The molecule has 0 spiro atoms. The minimum Gasteiger partial charge on any atom is -0.467 e. The number of methoxy groups -OCH3 is 2. The van der Waals surface area contributed by atoms with Gasteiger partial charge in [0.25, 0.3) is 0 Å². The van der Waals surface area contributed by atoms with E-state index >= 15 is 0 Å². The Balaban J connectivity index is 3.06. The molecule has 1 aromatic carbocycles. The first-order chi connectivity index (χ1) is 12.5. The molecule has 1 rings (SSSR count). The molecule has 0 saturated heterocycles. The van der Waals surface area contributed by atoms with Crippen LogP contribution in [0.5, 0.6) is 11.5 Å². The van der Waals surface area contributed by atoms with Crippen LogP contribution >= 0.6 is 0 Å². The number of hydrogen-bond donors (Lipinski definition) is 0. The molecule has 5 nitrogen and oxygen atoms in total. The second kappa shape index (κ2) is 12.3. The van der Waals surface area contributed by atoms with Crippen molar-refractivity contribution in [3.63, 3.8) is 0 Å². The smallest absolute Gasteiger partial charge is 0.188 e. The van der Waals surface area contributed by atoms with E-state index < -0.39 is 0 Å². The van der Waals surface area contributed by atoms with Crippen LogP contribution in [0.15, 0.2) is 35.4 Å². The monoisotopic (exact) mass is 362 g/mol. The minimum absolute atomic E-state index is 0.0995. The van der Waals surface area contributed by atoms with Crippen molar-refractivity contribution in [2.75, 3.05) is 27.8 Å². The van der Waals surface area contributed by atoms with E-state index in [0.717, 1.165) is 24.7 Å². The fourth-order valence-electron chi connectivity index (χ4n) is 2.38. The van der Waals surface area contributed by atoms with Gasteiger partial charge in [-0.05, 0) is 52.2 Å². The van der Waals surface area contributed by atoms with Gasteiger partial charge < -0.3 is 18.9 Å². The number of carbonyl (C=O) groups is 1. The molecule has 0 bridgehead atoms. The van der Waals surface area contributed by atoms with Crippen molar-refractivity contribution < 1.29 is 23.7 Å². The van der Waals surface area contributed by atoms with E-state index in [1.807, 2.05) is 0 Å². The third-order valence-corrected chi connectivity index (χ3v) is 3.74. The molecular formula is C21H30O5. The highest BCUT2D eigenvalue weighted by Gasteiger charge is 2.13. The van der Waals surface area contributed by atoms with E-state index in [-0.39, 0.29) is 13.6 Å². The highest BCUT2D eigenvalue weighted by Crippen LogP contribution is 2.32. The molecule has 0 N–H and O–H groups in total. The summed E-state index contributed by atoms with van der Waals surface area (Å²) in [4.78, 5) is 11.2. The molecule has 144 valence electrons. The van der Waals surface area contributed by atoms with E-state index in [0.29, 0.717) is 23.5 Å². The first kappa shape index (κ1) is 21.9. The summed E-state index contributed by atoms with van der Waals surface area (Å²) in [6.45, 7) is 6.52. The van der Waals surface area contributed by atoms with Crippen molar-refractivity contribution in [2.45, 2.75) is 40.0 Å². The van der Waals surface area contributed by atoms with Gasteiger partial charge >= 0.3 is 0 Å². The number of hydrogen-bond acceptors (Lipinski definition) is 5. The number of carbonyl (C=O) groups excluding carboxylic acids is 1. The zero-order chi connectivity index (χ0) is 19.4. The van der Waals surface area contributed by atoms with E-state index in [1.165, 1.54) is 11.1 Å². The first-order valence-electron chi connectivity index (χ1n) is 8.66. The predicted molar refractivity (Wildman–Crippen MR) is 103 cm³/mol. The molecule has 1 aromatic rings. The summed E-state index contributed by atoms with van der Waals surface area (Å²) in [6, 6.07) is 3.40. The molecule has 0 radical (unpaired) electrons. The summed E-state index contributed by atoms with van der Waals surface area (Å²) in [5.41, 5.74) is 3.96. The van der Waals surface area contributed by atoms with Gasteiger partial charge in [0.15, 0.2) is 13.6 Å². The second-order valence-corrected chi connectivity index (χ2v) is 6.29. The lowest BCUT2D eigenvalue weighted by Gasteiger charge is -2.16. The van der Waals surface area contributed by atoms with Crippen LogP contribution in [0.2, 0.25) is 0 Å². The molecule has 0 saturated carbocycles. The van der Waals surface area contributed by atoms with E-state index in [1.54, 1.807) is 26.4 Å². The lowest BCUT2D eigenvalue weighted by atomic mass is 10.0. The maximum atomic E-state index is 11.2. The van der Waals surface area contributed by atoms with Crippen LogP contribution in [-0.2, 0) is 15.9 Å². The zero-order valence-corrected chi connectivity index (χ0v) is 16.5. The SMILES string of the molecule is COCOc1cc(C=O)cc(OCOC)c1C/C=C(\C)CCC=C(C)C. The van der Waals surface area contributed by atoms with E-state index in [2.05, 4.69) is 32.9 Å². The van der Waals surface area contributed by atoms with Crippen molar-refractivity contribution in [1.29, 1.82) is 0 Å². The van der Waals surface area contributed by atoms with Gasteiger partial charge in [-0.15, -0.1) is 0 Å². The van der Waals surface area contributed by atoms with Crippen LogP contribution in [0.1, 0.15) is 49.5 Å². The summed E-state index contributed by atoms with van der Waals surface area (Å²) in [5, 5.41) is 0. The topological polar surface area (TPSA) is 54.0 Å². The van der Waals surface area contributed by atoms with Gasteiger partial charge in [-0.3, -0.25) is 4.79 Å². The third-order valence-electron chi connectivity index (χ3n) is 3.74. The number of benzene rings is 1. The summed E-state index contributed by atoms with van der Waals surface area (Å²) < 4.78 is 21.3. The third kappa shape index (κ3) is 7.85. The van der Waals surface area contributed by atoms with Gasteiger partial charge in [0.05, 0.1) is 0 Å². The van der Waals surface area contributed by atoms with Crippen LogP contribution in [0, 0.1) is 0 Å². The molecule has 0 aliphatic rings. The van der Waals surface area contributed by atoms with E-state index in [9.17, 15) is 4.79 Å². The molecule has 26 heavy (non-hydrogen) atoms. The van der Waals surface area contributed by atoms with Crippen molar-refractivity contribution >= 4 is 6.29 Å². The average molecular weight is 362 g/mol. The van der Waals surface area contributed by atoms with Gasteiger partial charge in [-0.2, -0.15) is 0 Å². The Labute approximate surface area is 156 Å². The zero-order valence-electron chi connectivity index (χ0n) is 16.5. The number of rotatable bonds is 12. The first-order valence-corrected chi connectivity index (χ1v) is 8.66. The predicted octanol–water partition coefficient (Wildman–Crippen LogP) is 4.70. The van der Waals surface area contributed by atoms with Gasteiger partial charge in [0, 0.05) is 25.3 Å². The molecule has 0 amide bonds. The van der Waals surface area contributed by atoms with Crippen molar-refractivity contribution in [3.05, 3.63) is 46.6 Å². The average Bonchev–Trinajstić information content (AvgIpc) is 2.62. The highest BCUT2D eigenvalue weighted by molar-refractivity contribution is 5.77. The molecule has 0 atom stereocenters. The van der Waals surface area contributed by atoms with Crippen LogP contribution < -0.4 is 9.47 Å². The summed E-state index contributed by atoms with van der Waals surface area (Å²) >= 11 is 0. The van der Waals surface area contributed by atoms with Crippen molar-refractivity contribution in [1.82, 2.24) is 0 Å². The highest BCUT2D eigenvalue weighted by atomic mass is 16.7. The van der Waals surface area contributed by atoms with Gasteiger partial charge in [-0.25, -0.2) is 0 Å². The molecule has 0 aromatic heterocycles. The number of aldehydes is 1. The molecule has 5 heteroatoms. The van der Waals surface area contributed by atoms with E-state index in [4.69, 9.17) is 18.9 Å². The maximum absolute atomic E-state index is 11.2. The van der Waals surface area contributed by atoms with Crippen LogP contribution in [0.3, 0.4) is 0 Å². The largest absolute Gasteiger partial charge is 0.467 e. The Hall–Kier alpha value is -2.11. The number of ether oxygens (including phenoxy) is 4. The lowest BCUT2D eigenvalue weighted by Crippen LogP contribution is -2.07. The fraction of sp³-hybridized carbons (Fsp3) is 0.476. The van der Waals surface area contributed by atoms with Crippen molar-refractivity contribution in [3.8, 4) is 11.5 Å². The second-order valence-electron chi connectivity index (χ2n) is 6.29. The van der Waals surface area contributed by atoms with Gasteiger partial charge in [0.1, 0.15) is 17.8 Å². The molecule has 0 aliphatic heterocycles. The Bertz CT molecular complexity index is 598. The summed E-state index contributed by atoms with van der Waals surface area (Å²) in [6.07, 6.45) is 7.82.